The molecule has 0 amide bonds. The molecular weight excluding hydrogens is 331 g/mol. The molecule has 2 heterocycles. The standard InChI is InChI=1S/C17H15FN2O3S/c1-3-15(21)13-8-24-17(19-13)16(22)12-7-20(9-23-2)14-6-10(18)4-5-11(12)14/h4-8H,3,9H2,1-2H3. The van der Waals surface area contributed by atoms with E-state index in [4.69, 9.17) is 4.74 Å². The first-order valence-corrected chi connectivity index (χ1v) is 8.23. The van der Waals surface area contributed by atoms with Crippen molar-refractivity contribution in [1.29, 1.82) is 0 Å². The van der Waals surface area contributed by atoms with Gasteiger partial charge in [0, 0.05) is 30.5 Å². The molecule has 0 aliphatic carbocycles. The van der Waals surface area contributed by atoms with Crippen LogP contribution in [0.4, 0.5) is 4.39 Å². The lowest BCUT2D eigenvalue weighted by Gasteiger charge is -2.02. The molecule has 0 saturated carbocycles. The van der Waals surface area contributed by atoms with Gasteiger partial charge in [-0.05, 0) is 18.2 Å². The highest BCUT2D eigenvalue weighted by molar-refractivity contribution is 7.12. The Kier molecular flexibility index (Phi) is 4.55. The number of Topliss-reactive ketones (excluding diaryl/α,β-unsaturated/α-hetero) is 1. The van der Waals surface area contributed by atoms with Crippen LogP contribution in [0.15, 0.2) is 29.8 Å². The number of ketones is 2. The van der Waals surface area contributed by atoms with Crippen molar-refractivity contribution in [3.8, 4) is 0 Å². The van der Waals surface area contributed by atoms with Crippen molar-refractivity contribution in [2.45, 2.75) is 20.1 Å². The van der Waals surface area contributed by atoms with E-state index in [0.717, 1.165) is 11.3 Å². The summed E-state index contributed by atoms with van der Waals surface area (Å²) < 4.78 is 20.3. The van der Waals surface area contributed by atoms with Crippen molar-refractivity contribution >= 4 is 33.8 Å². The minimum Gasteiger partial charge on any atom is -0.364 e. The fourth-order valence-electron chi connectivity index (χ4n) is 2.49. The molecule has 2 aromatic heterocycles. The maximum Gasteiger partial charge on any atom is 0.223 e. The van der Waals surface area contributed by atoms with Gasteiger partial charge in [0.15, 0.2) is 10.8 Å². The number of halogens is 1. The highest BCUT2D eigenvalue weighted by Crippen LogP contribution is 2.26. The Bertz CT molecular complexity index is 929. The third-order valence-corrected chi connectivity index (χ3v) is 4.50. The van der Waals surface area contributed by atoms with Crippen LogP contribution >= 0.6 is 11.3 Å². The number of ether oxygens (including phenoxy) is 1. The molecule has 0 spiro atoms. The molecule has 3 rings (SSSR count). The molecule has 3 aromatic rings. The summed E-state index contributed by atoms with van der Waals surface area (Å²) in [4.78, 5) is 28.6. The SMILES string of the molecule is CCC(=O)c1csc(C(=O)c2cn(COC)c3cc(F)ccc23)n1. The molecule has 0 aliphatic heterocycles. The van der Waals surface area contributed by atoms with E-state index in [0.29, 0.717) is 28.6 Å². The maximum absolute atomic E-state index is 13.5. The Morgan fingerprint density at radius 1 is 1.38 bits per heavy atom. The summed E-state index contributed by atoms with van der Waals surface area (Å²) >= 11 is 1.13. The Labute approximate surface area is 141 Å². The summed E-state index contributed by atoms with van der Waals surface area (Å²) in [5, 5.41) is 2.46. The second-order valence-electron chi connectivity index (χ2n) is 5.24. The fourth-order valence-corrected chi connectivity index (χ4v) is 3.27. The molecule has 0 N–H and O–H groups in total. The van der Waals surface area contributed by atoms with Crippen LogP contribution in [-0.2, 0) is 11.5 Å². The molecule has 0 bridgehead atoms. The van der Waals surface area contributed by atoms with Gasteiger partial charge in [-0.2, -0.15) is 0 Å². The molecule has 7 heteroatoms. The van der Waals surface area contributed by atoms with Crippen molar-refractivity contribution in [1.82, 2.24) is 9.55 Å². The van der Waals surface area contributed by atoms with Crippen LogP contribution in [0.1, 0.15) is 39.2 Å². The van der Waals surface area contributed by atoms with E-state index >= 15 is 0 Å². The van der Waals surface area contributed by atoms with Crippen molar-refractivity contribution < 1.29 is 18.7 Å². The third-order valence-electron chi connectivity index (χ3n) is 3.66. The molecule has 124 valence electrons. The van der Waals surface area contributed by atoms with Gasteiger partial charge in [-0.1, -0.05) is 6.92 Å². The Morgan fingerprint density at radius 3 is 2.88 bits per heavy atom. The lowest BCUT2D eigenvalue weighted by Crippen LogP contribution is -2.03. The van der Waals surface area contributed by atoms with E-state index < -0.39 is 0 Å². The van der Waals surface area contributed by atoms with Crippen molar-refractivity contribution in [2.75, 3.05) is 7.11 Å². The second-order valence-corrected chi connectivity index (χ2v) is 6.09. The number of carbonyl (C=O) groups excluding carboxylic acids is 2. The van der Waals surface area contributed by atoms with E-state index in [1.54, 1.807) is 29.1 Å². The predicted octanol–water partition coefficient (Wildman–Crippen LogP) is 3.66. The van der Waals surface area contributed by atoms with Crippen molar-refractivity contribution in [3.63, 3.8) is 0 Å². The summed E-state index contributed by atoms with van der Waals surface area (Å²) in [5.41, 5.74) is 1.28. The summed E-state index contributed by atoms with van der Waals surface area (Å²) in [6.07, 6.45) is 1.96. The minimum absolute atomic E-state index is 0.103. The number of aromatic nitrogens is 2. The zero-order valence-electron chi connectivity index (χ0n) is 13.2. The van der Waals surface area contributed by atoms with Crippen molar-refractivity contribution in [2.24, 2.45) is 0 Å². The number of carbonyl (C=O) groups is 2. The lowest BCUT2D eigenvalue weighted by atomic mass is 10.1. The summed E-state index contributed by atoms with van der Waals surface area (Å²) in [7, 11) is 1.52. The van der Waals surface area contributed by atoms with Gasteiger partial charge in [-0.3, -0.25) is 9.59 Å². The van der Waals surface area contributed by atoms with Gasteiger partial charge >= 0.3 is 0 Å². The van der Waals surface area contributed by atoms with Gasteiger partial charge in [-0.15, -0.1) is 11.3 Å². The number of methoxy groups -OCH3 is 1. The average molecular weight is 346 g/mol. The number of rotatable bonds is 6. The lowest BCUT2D eigenvalue weighted by molar-refractivity contribution is 0.0984. The normalized spacial score (nSPS) is 11.1. The highest BCUT2D eigenvalue weighted by atomic mass is 32.1. The van der Waals surface area contributed by atoms with Crippen LogP contribution in [0, 0.1) is 5.82 Å². The first-order chi connectivity index (χ1) is 11.5. The Balaban J connectivity index is 2.06. The van der Waals surface area contributed by atoms with Gasteiger partial charge in [0.05, 0.1) is 11.1 Å². The molecule has 0 unspecified atom stereocenters. The molecule has 0 saturated heterocycles. The predicted molar refractivity (Wildman–Crippen MR) is 89.1 cm³/mol. The first kappa shape index (κ1) is 16.5. The summed E-state index contributed by atoms with van der Waals surface area (Å²) in [6, 6.07) is 4.24. The molecule has 0 radical (unpaired) electrons. The summed E-state index contributed by atoms with van der Waals surface area (Å²) in [5.74, 6) is -0.780. The number of hydrogen-bond donors (Lipinski definition) is 0. The second kappa shape index (κ2) is 6.62. The molecule has 5 nitrogen and oxygen atoms in total. The fraction of sp³-hybridized carbons (Fsp3) is 0.235. The Hall–Kier alpha value is -2.38. The number of thiazole rings is 1. The number of hydrogen-bond acceptors (Lipinski definition) is 5. The van der Waals surface area contributed by atoms with Crippen molar-refractivity contribution in [3.05, 3.63) is 51.9 Å². The molecule has 24 heavy (non-hydrogen) atoms. The molecule has 0 aliphatic rings. The number of fused-ring (bicyclic) bond motifs is 1. The van der Waals surface area contributed by atoms with Crippen LogP contribution in [0.2, 0.25) is 0 Å². The molecule has 1 aromatic carbocycles. The van der Waals surface area contributed by atoms with Crippen LogP contribution in [0.3, 0.4) is 0 Å². The zero-order chi connectivity index (χ0) is 17.3. The minimum atomic E-state index is -0.387. The average Bonchev–Trinajstić information content (AvgIpc) is 3.19. The zero-order valence-corrected chi connectivity index (χ0v) is 14.0. The molecule has 0 atom stereocenters. The number of nitrogens with zero attached hydrogens (tertiary/aromatic N) is 2. The topological polar surface area (TPSA) is 61.2 Å². The summed E-state index contributed by atoms with van der Waals surface area (Å²) in [6.45, 7) is 1.95. The largest absolute Gasteiger partial charge is 0.364 e. The maximum atomic E-state index is 13.5. The highest BCUT2D eigenvalue weighted by Gasteiger charge is 2.21. The van der Waals surface area contributed by atoms with Gasteiger partial charge < -0.3 is 9.30 Å². The van der Waals surface area contributed by atoms with Crippen LogP contribution in [0.25, 0.3) is 10.9 Å². The number of benzene rings is 1. The Morgan fingerprint density at radius 2 is 2.17 bits per heavy atom. The van der Waals surface area contributed by atoms with E-state index in [9.17, 15) is 14.0 Å². The first-order valence-electron chi connectivity index (χ1n) is 7.36. The van der Waals surface area contributed by atoms with Gasteiger partial charge in [0.1, 0.15) is 18.2 Å². The van der Waals surface area contributed by atoms with Crippen LogP contribution < -0.4 is 0 Å². The van der Waals surface area contributed by atoms with E-state index in [1.165, 1.54) is 19.2 Å². The van der Waals surface area contributed by atoms with E-state index in [2.05, 4.69) is 4.98 Å². The van der Waals surface area contributed by atoms with Gasteiger partial charge in [0.2, 0.25) is 5.78 Å². The molecule has 0 fully saturated rings. The van der Waals surface area contributed by atoms with Gasteiger partial charge in [-0.25, -0.2) is 9.37 Å². The monoisotopic (exact) mass is 346 g/mol. The van der Waals surface area contributed by atoms with E-state index in [1.807, 2.05) is 0 Å². The van der Waals surface area contributed by atoms with E-state index in [-0.39, 0.29) is 29.1 Å². The molecular formula is C17H15FN2O3S. The third kappa shape index (κ3) is 2.88. The van der Waals surface area contributed by atoms with Gasteiger partial charge in [0.25, 0.3) is 0 Å². The van der Waals surface area contributed by atoms with Crippen LogP contribution in [0.5, 0.6) is 0 Å². The quantitative estimate of drug-likeness (QED) is 0.639. The smallest absolute Gasteiger partial charge is 0.223 e. The van der Waals surface area contributed by atoms with Crippen LogP contribution in [-0.4, -0.2) is 28.2 Å².